The molecular weight excluding hydrogens is 245 g/mol. The average Bonchev–Trinajstić information content (AvgIpc) is 2.33. The maximum absolute atomic E-state index is 13.0. The van der Waals surface area contributed by atoms with Crippen LogP contribution < -0.4 is 5.32 Å². The maximum Gasteiger partial charge on any atom is 0.327 e. The number of hydrogen-bond acceptors (Lipinski definition) is 3. The van der Waals surface area contributed by atoms with Gasteiger partial charge in [0.05, 0.1) is 12.1 Å². The number of benzene rings is 1. The van der Waals surface area contributed by atoms with Crippen molar-refractivity contribution in [3.05, 3.63) is 34.6 Å². The summed E-state index contributed by atoms with van der Waals surface area (Å²) in [5.74, 6) is -0.921. The molecule has 5 heteroatoms. The predicted octanol–water partition coefficient (Wildman–Crippen LogP) is 2.69. The Morgan fingerprint density at radius 2 is 2.29 bits per heavy atom. The molecule has 0 fully saturated rings. The largest absolute Gasteiger partial charge is 0.468 e. The van der Waals surface area contributed by atoms with Crippen LogP contribution in [0.15, 0.2) is 18.2 Å². The van der Waals surface area contributed by atoms with Crippen LogP contribution in [-0.4, -0.2) is 19.6 Å². The highest BCUT2D eigenvalue weighted by molar-refractivity contribution is 6.30. The van der Waals surface area contributed by atoms with Crippen molar-refractivity contribution in [1.82, 2.24) is 5.32 Å². The second-order valence-electron chi connectivity index (χ2n) is 3.58. The van der Waals surface area contributed by atoms with Gasteiger partial charge in [0, 0.05) is 0 Å². The molecule has 0 aliphatic carbocycles. The lowest BCUT2D eigenvalue weighted by atomic mass is 10.1. The first-order valence-corrected chi connectivity index (χ1v) is 5.74. The first-order valence-electron chi connectivity index (χ1n) is 5.36. The lowest BCUT2D eigenvalue weighted by molar-refractivity contribution is -0.143. The van der Waals surface area contributed by atoms with Gasteiger partial charge in [-0.15, -0.1) is 0 Å². The van der Waals surface area contributed by atoms with Crippen LogP contribution in [0.25, 0.3) is 0 Å². The summed E-state index contributed by atoms with van der Waals surface area (Å²) in [6.07, 6.45) is 0.877. The normalized spacial score (nSPS) is 12.2. The summed E-state index contributed by atoms with van der Waals surface area (Å²) in [6.45, 7) is 2.65. The maximum atomic E-state index is 13.0. The Morgan fingerprint density at radius 1 is 1.59 bits per heavy atom. The minimum atomic E-state index is -0.613. The molecule has 0 aromatic heterocycles. The van der Waals surface area contributed by atoms with Gasteiger partial charge < -0.3 is 10.1 Å². The van der Waals surface area contributed by atoms with E-state index in [0.29, 0.717) is 12.1 Å². The molecule has 0 radical (unpaired) electrons. The summed E-state index contributed by atoms with van der Waals surface area (Å²) >= 11 is 5.68. The molecule has 1 unspecified atom stereocenters. The summed E-state index contributed by atoms with van der Waals surface area (Å²) in [5.41, 5.74) is 0.594. The van der Waals surface area contributed by atoms with Crippen molar-refractivity contribution >= 4 is 17.6 Å². The second kappa shape index (κ2) is 6.57. The van der Waals surface area contributed by atoms with Crippen molar-refractivity contribution in [2.75, 3.05) is 13.7 Å². The van der Waals surface area contributed by atoms with E-state index in [2.05, 4.69) is 5.32 Å². The Bertz CT molecular complexity index is 398. The summed E-state index contributed by atoms with van der Waals surface area (Å²) in [5, 5.41) is 3.02. The molecule has 0 saturated carbocycles. The zero-order valence-corrected chi connectivity index (χ0v) is 10.6. The van der Waals surface area contributed by atoms with Crippen molar-refractivity contribution in [1.29, 1.82) is 0 Å². The van der Waals surface area contributed by atoms with Crippen LogP contribution in [0.2, 0.25) is 5.02 Å². The van der Waals surface area contributed by atoms with Gasteiger partial charge in [0.2, 0.25) is 0 Å². The van der Waals surface area contributed by atoms with Crippen LogP contribution in [-0.2, 0) is 9.53 Å². The molecule has 0 aliphatic heterocycles. The molecule has 1 aromatic rings. The number of rotatable bonds is 5. The van der Waals surface area contributed by atoms with Gasteiger partial charge in [-0.25, -0.2) is 9.18 Å². The lowest BCUT2D eigenvalue weighted by Gasteiger charge is -2.16. The van der Waals surface area contributed by atoms with E-state index in [1.54, 1.807) is 0 Å². The van der Waals surface area contributed by atoms with Crippen molar-refractivity contribution < 1.29 is 13.9 Å². The Morgan fingerprint density at radius 3 is 2.82 bits per heavy atom. The number of halogens is 2. The van der Waals surface area contributed by atoms with Gasteiger partial charge in [0.15, 0.2) is 0 Å². The lowest BCUT2D eigenvalue weighted by Crippen LogP contribution is -2.30. The van der Waals surface area contributed by atoms with Crippen LogP contribution in [0.4, 0.5) is 4.39 Å². The molecule has 0 amide bonds. The van der Waals surface area contributed by atoms with E-state index >= 15 is 0 Å². The van der Waals surface area contributed by atoms with E-state index in [4.69, 9.17) is 16.3 Å². The molecule has 1 N–H and O–H groups in total. The Balaban J connectivity index is 2.95. The first kappa shape index (κ1) is 13.9. The standard InChI is InChI=1S/C12H15ClFNO2/c1-3-6-15-11(12(16)17-2)8-4-5-10(14)9(13)7-8/h4-5,7,11,15H,3,6H2,1-2H3. The number of carbonyl (C=O) groups is 1. The third kappa shape index (κ3) is 3.68. The minimum absolute atomic E-state index is 0.00491. The molecule has 0 bridgehead atoms. The Kier molecular flexibility index (Phi) is 5.38. The highest BCUT2D eigenvalue weighted by Crippen LogP contribution is 2.21. The van der Waals surface area contributed by atoms with Gasteiger partial charge in [-0.1, -0.05) is 24.6 Å². The van der Waals surface area contributed by atoms with E-state index in [0.717, 1.165) is 6.42 Å². The van der Waals surface area contributed by atoms with Crippen molar-refractivity contribution in [2.24, 2.45) is 0 Å². The first-order chi connectivity index (χ1) is 8.10. The van der Waals surface area contributed by atoms with E-state index in [9.17, 15) is 9.18 Å². The van der Waals surface area contributed by atoms with Crippen molar-refractivity contribution in [3.8, 4) is 0 Å². The molecule has 0 saturated heterocycles. The van der Waals surface area contributed by atoms with E-state index in [1.807, 2.05) is 6.92 Å². The van der Waals surface area contributed by atoms with Gasteiger partial charge in [0.1, 0.15) is 11.9 Å². The van der Waals surface area contributed by atoms with Crippen LogP contribution >= 0.6 is 11.6 Å². The monoisotopic (exact) mass is 259 g/mol. The SMILES string of the molecule is CCCNC(C(=O)OC)c1ccc(F)c(Cl)c1. The fourth-order valence-corrected chi connectivity index (χ4v) is 1.62. The van der Waals surface area contributed by atoms with Crippen LogP contribution in [0.5, 0.6) is 0 Å². The molecule has 0 spiro atoms. The number of hydrogen-bond donors (Lipinski definition) is 1. The number of methoxy groups -OCH3 is 1. The molecular formula is C12H15ClFNO2. The summed E-state index contributed by atoms with van der Waals surface area (Å²) < 4.78 is 17.7. The molecule has 1 rings (SSSR count). The van der Waals surface area contributed by atoms with E-state index < -0.39 is 17.8 Å². The van der Waals surface area contributed by atoms with Crippen molar-refractivity contribution in [2.45, 2.75) is 19.4 Å². The molecule has 1 aromatic carbocycles. The third-order valence-electron chi connectivity index (χ3n) is 2.31. The van der Waals surface area contributed by atoms with Gasteiger partial charge in [-0.2, -0.15) is 0 Å². The quantitative estimate of drug-likeness (QED) is 0.827. The van der Waals surface area contributed by atoms with Gasteiger partial charge >= 0.3 is 5.97 Å². The molecule has 17 heavy (non-hydrogen) atoms. The summed E-state index contributed by atoms with van der Waals surface area (Å²) in [7, 11) is 1.31. The fraction of sp³-hybridized carbons (Fsp3) is 0.417. The Hall–Kier alpha value is -1.13. The Labute approximate surface area is 105 Å². The number of carbonyl (C=O) groups excluding carboxylic acids is 1. The van der Waals surface area contributed by atoms with E-state index in [1.165, 1.54) is 25.3 Å². The topological polar surface area (TPSA) is 38.3 Å². The highest BCUT2D eigenvalue weighted by atomic mass is 35.5. The average molecular weight is 260 g/mol. The van der Waals surface area contributed by atoms with Gasteiger partial charge in [-0.3, -0.25) is 0 Å². The molecule has 1 atom stereocenters. The molecule has 94 valence electrons. The fourth-order valence-electron chi connectivity index (χ4n) is 1.44. The number of ether oxygens (including phenoxy) is 1. The third-order valence-corrected chi connectivity index (χ3v) is 2.60. The molecule has 0 heterocycles. The number of nitrogens with one attached hydrogen (secondary N) is 1. The van der Waals surface area contributed by atoms with Crippen LogP contribution in [0.3, 0.4) is 0 Å². The summed E-state index contributed by atoms with van der Waals surface area (Å²) in [4.78, 5) is 11.6. The van der Waals surface area contributed by atoms with Gasteiger partial charge in [-0.05, 0) is 30.7 Å². The predicted molar refractivity (Wildman–Crippen MR) is 64.5 cm³/mol. The van der Waals surface area contributed by atoms with E-state index in [-0.39, 0.29) is 5.02 Å². The molecule has 0 aliphatic rings. The van der Waals surface area contributed by atoms with Crippen LogP contribution in [0, 0.1) is 5.82 Å². The van der Waals surface area contributed by atoms with Crippen molar-refractivity contribution in [3.63, 3.8) is 0 Å². The zero-order valence-electron chi connectivity index (χ0n) is 9.80. The highest BCUT2D eigenvalue weighted by Gasteiger charge is 2.21. The molecule has 3 nitrogen and oxygen atoms in total. The minimum Gasteiger partial charge on any atom is -0.468 e. The smallest absolute Gasteiger partial charge is 0.327 e. The second-order valence-corrected chi connectivity index (χ2v) is 3.99. The zero-order chi connectivity index (χ0) is 12.8. The number of esters is 1. The summed E-state index contributed by atoms with van der Waals surface area (Å²) in [6, 6.07) is 3.58. The van der Waals surface area contributed by atoms with Gasteiger partial charge in [0.25, 0.3) is 0 Å². The van der Waals surface area contributed by atoms with Crippen LogP contribution in [0.1, 0.15) is 24.9 Å².